The van der Waals surface area contributed by atoms with E-state index in [2.05, 4.69) is 4.98 Å². The molecule has 0 saturated carbocycles. The number of aryl methyl sites for hydroxylation is 1. The predicted molar refractivity (Wildman–Crippen MR) is 87.0 cm³/mol. The van der Waals surface area contributed by atoms with Gasteiger partial charge in [-0.05, 0) is 43.0 Å². The van der Waals surface area contributed by atoms with E-state index in [1.54, 1.807) is 12.1 Å². The monoisotopic (exact) mass is 316 g/mol. The Kier molecular flexibility index (Phi) is 3.99. The zero-order valence-electron chi connectivity index (χ0n) is 11.4. The molecule has 0 N–H and O–H groups in total. The average Bonchev–Trinajstić information content (AvgIpc) is 2.84. The van der Waals surface area contributed by atoms with Crippen LogP contribution >= 0.6 is 23.4 Å². The number of halogens is 1. The number of rotatable bonds is 3. The average molecular weight is 317 g/mol. The summed E-state index contributed by atoms with van der Waals surface area (Å²) in [6.07, 6.45) is 0. The second-order valence-electron chi connectivity index (χ2n) is 4.50. The van der Waals surface area contributed by atoms with Crippen molar-refractivity contribution in [1.82, 2.24) is 9.55 Å². The largest absolute Gasteiger partial charge is 0.319 e. The molecule has 0 spiro atoms. The lowest BCUT2D eigenvalue weighted by Crippen LogP contribution is -2.00. The van der Waals surface area contributed by atoms with E-state index in [4.69, 9.17) is 11.6 Å². The Morgan fingerprint density at radius 1 is 1.19 bits per heavy atom. The van der Waals surface area contributed by atoms with Crippen molar-refractivity contribution in [3.8, 4) is 0 Å². The quantitative estimate of drug-likeness (QED) is 0.660. The van der Waals surface area contributed by atoms with Gasteiger partial charge in [0.05, 0.1) is 16.1 Å². The zero-order chi connectivity index (χ0) is 14.8. The van der Waals surface area contributed by atoms with Crippen molar-refractivity contribution in [1.29, 1.82) is 0 Å². The Morgan fingerprint density at radius 2 is 1.90 bits per heavy atom. The minimum absolute atomic E-state index is 0.0920. The number of para-hydroxylation sites is 2. The maximum atomic E-state index is 12.4. The summed E-state index contributed by atoms with van der Waals surface area (Å²) in [6.45, 7) is 2.80. The summed E-state index contributed by atoms with van der Waals surface area (Å²) < 4.78 is 2.04. The Balaban J connectivity index is 1.98. The number of carbonyl (C=O) groups is 1. The molecule has 0 aliphatic rings. The lowest BCUT2D eigenvalue weighted by molar-refractivity contribution is 0.108. The third kappa shape index (κ3) is 2.69. The van der Waals surface area contributed by atoms with E-state index in [-0.39, 0.29) is 5.12 Å². The molecule has 1 aromatic heterocycles. The standard InChI is InChI=1S/C16H13ClN2OS/c1-2-19-14-10-6-5-9-13(14)18-16(19)21-15(20)11-7-3-4-8-12(11)17/h3-10H,2H2,1H3. The SMILES string of the molecule is CCn1c(SC(=O)c2ccccc2Cl)nc2ccccc21. The van der Waals surface area contributed by atoms with Crippen molar-refractivity contribution in [2.75, 3.05) is 0 Å². The van der Waals surface area contributed by atoms with Crippen LogP contribution in [-0.2, 0) is 6.54 Å². The number of hydrogen-bond donors (Lipinski definition) is 0. The van der Waals surface area contributed by atoms with Crippen LogP contribution in [0.4, 0.5) is 0 Å². The fraction of sp³-hybridized carbons (Fsp3) is 0.125. The smallest absolute Gasteiger partial charge is 0.228 e. The minimum atomic E-state index is -0.0920. The van der Waals surface area contributed by atoms with E-state index in [1.807, 2.05) is 47.9 Å². The van der Waals surface area contributed by atoms with Crippen molar-refractivity contribution in [2.24, 2.45) is 0 Å². The fourth-order valence-corrected chi connectivity index (χ4v) is 3.41. The van der Waals surface area contributed by atoms with Gasteiger partial charge < -0.3 is 4.57 Å². The van der Waals surface area contributed by atoms with Gasteiger partial charge in [0.1, 0.15) is 0 Å². The molecule has 5 heteroatoms. The summed E-state index contributed by atoms with van der Waals surface area (Å²) in [5.41, 5.74) is 2.45. The number of thioether (sulfide) groups is 1. The molecule has 3 nitrogen and oxygen atoms in total. The second-order valence-corrected chi connectivity index (χ2v) is 5.84. The maximum absolute atomic E-state index is 12.4. The van der Waals surface area contributed by atoms with Gasteiger partial charge in [-0.25, -0.2) is 4.98 Å². The summed E-state index contributed by atoms with van der Waals surface area (Å²) in [4.78, 5) is 16.9. The number of hydrogen-bond acceptors (Lipinski definition) is 3. The number of nitrogens with zero attached hydrogens (tertiary/aromatic N) is 2. The first-order valence-corrected chi connectivity index (χ1v) is 7.82. The number of benzene rings is 2. The lowest BCUT2D eigenvalue weighted by atomic mass is 10.2. The lowest BCUT2D eigenvalue weighted by Gasteiger charge is -2.05. The number of aromatic nitrogens is 2. The molecule has 3 rings (SSSR count). The van der Waals surface area contributed by atoms with Gasteiger partial charge in [0.2, 0.25) is 5.12 Å². The van der Waals surface area contributed by atoms with Crippen LogP contribution in [0.15, 0.2) is 53.7 Å². The molecule has 106 valence electrons. The predicted octanol–water partition coefficient (Wildman–Crippen LogP) is 4.64. The third-order valence-corrected chi connectivity index (χ3v) is 4.44. The second kappa shape index (κ2) is 5.92. The van der Waals surface area contributed by atoms with Crippen LogP contribution in [0.3, 0.4) is 0 Å². The first kappa shape index (κ1) is 14.2. The van der Waals surface area contributed by atoms with Gasteiger partial charge in [0, 0.05) is 12.1 Å². The molecule has 0 aliphatic heterocycles. The van der Waals surface area contributed by atoms with Crippen LogP contribution in [0.25, 0.3) is 11.0 Å². The highest BCUT2D eigenvalue weighted by atomic mass is 35.5. The molecule has 0 amide bonds. The minimum Gasteiger partial charge on any atom is -0.319 e. The highest BCUT2D eigenvalue weighted by Gasteiger charge is 2.17. The topological polar surface area (TPSA) is 34.9 Å². The number of imidazole rings is 1. The van der Waals surface area contributed by atoms with Gasteiger partial charge in [-0.1, -0.05) is 35.9 Å². The molecule has 0 bridgehead atoms. The fourth-order valence-electron chi connectivity index (χ4n) is 2.20. The summed E-state index contributed by atoms with van der Waals surface area (Å²) in [5.74, 6) is 0. The van der Waals surface area contributed by atoms with Gasteiger partial charge in [-0.15, -0.1) is 0 Å². The van der Waals surface area contributed by atoms with Crippen LogP contribution < -0.4 is 0 Å². The number of fused-ring (bicyclic) bond motifs is 1. The Bertz CT molecular complexity index is 813. The molecule has 0 aliphatic carbocycles. The molecule has 0 atom stereocenters. The maximum Gasteiger partial charge on any atom is 0.228 e. The molecule has 3 aromatic rings. The van der Waals surface area contributed by atoms with E-state index in [0.717, 1.165) is 29.3 Å². The Morgan fingerprint density at radius 3 is 2.67 bits per heavy atom. The van der Waals surface area contributed by atoms with Gasteiger partial charge in [0.15, 0.2) is 5.16 Å². The molecule has 0 fully saturated rings. The van der Waals surface area contributed by atoms with Crippen LogP contribution in [0, 0.1) is 0 Å². The normalized spacial score (nSPS) is 11.0. The van der Waals surface area contributed by atoms with E-state index < -0.39 is 0 Å². The van der Waals surface area contributed by atoms with E-state index >= 15 is 0 Å². The van der Waals surface area contributed by atoms with Gasteiger partial charge >= 0.3 is 0 Å². The van der Waals surface area contributed by atoms with Crippen LogP contribution in [-0.4, -0.2) is 14.7 Å². The van der Waals surface area contributed by atoms with Crippen LogP contribution in [0.5, 0.6) is 0 Å². The van der Waals surface area contributed by atoms with E-state index in [0.29, 0.717) is 15.7 Å². The highest BCUT2D eigenvalue weighted by Crippen LogP contribution is 2.29. The van der Waals surface area contributed by atoms with E-state index in [9.17, 15) is 4.79 Å². The van der Waals surface area contributed by atoms with Crippen molar-refractivity contribution in [3.63, 3.8) is 0 Å². The molecular weight excluding hydrogens is 304 g/mol. The first-order valence-electron chi connectivity index (χ1n) is 6.62. The van der Waals surface area contributed by atoms with Crippen molar-refractivity contribution in [2.45, 2.75) is 18.6 Å². The molecule has 0 saturated heterocycles. The molecule has 1 heterocycles. The molecule has 0 radical (unpaired) electrons. The zero-order valence-corrected chi connectivity index (χ0v) is 13.0. The van der Waals surface area contributed by atoms with Crippen LogP contribution in [0.1, 0.15) is 17.3 Å². The molecule has 2 aromatic carbocycles. The van der Waals surface area contributed by atoms with Crippen molar-refractivity contribution < 1.29 is 4.79 Å². The molecule has 0 unspecified atom stereocenters. The summed E-state index contributed by atoms with van der Waals surface area (Å²) in [7, 11) is 0. The summed E-state index contributed by atoms with van der Waals surface area (Å²) >= 11 is 7.19. The van der Waals surface area contributed by atoms with Crippen molar-refractivity contribution in [3.05, 3.63) is 59.1 Å². The van der Waals surface area contributed by atoms with E-state index in [1.165, 1.54) is 0 Å². The van der Waals surface area contributed by atoms with Crippen molar-refractivity contribution >= 4 is 39.5 Å². The molecule has 21 heavy (non-hydrogen) atoms. The van der Waals surface area contributed by atoms with Gasteiger partial charge in [-0.3, -0.25) is 4.79 Å². The Hall–Kier alpha value is -1.78. The van der Waals surface area contributed by atoms with Gasteiger partial charge in [-0.2, -0.15) is 0 Å². The van der Waals surface area contributed by atoms with Gasteiger partial charge in [0.25, 0.3) is 0 Å². The summed E-state index contributed by atoms with van der Waals surface area (Å²) in [5, 5.41) is 1.07. The third-order valence-electron chi connectivity index (χ3n) is 3.21. The first-order chi connectivity index (χ1) is 10.2. The molecular formula is C16H13ClN2OS. The Labute approximate surface area is 131 Å². The van der Waals surface area contributed by atoms with Crippen LogP contribution in [0.2, 0.25) is 5.02 Å². The summed E-state index contributed by atoms with van der Waals surface area (Å²) in [6, 6.07) is 14.9. The number of carbonyl (C=O) groups excluding carboxylic acids is 1. The highest BCUT2D eigenvalue weighted by molar-refractivity contribution is 8.14.